The van der Waals surface area contributed by atoms with Crippen LogP contribution in [0.5, 0.6) is 0 Å². The van der Waals surface area contributed by atoms with Gasteiger partial charge in [0.15, 0.2) is 0 Å². The highest BCUT2D eigenvalue weighted by Gasteiger charge is 2.14. The van der Waals surface area contributed by atoms with Gasteiger partial charge in [0.25, 0.3) is 0 Å². The Morgan fingerprint density at radius 1 is 1.09 bits per heavy atom. The first-order valence-electron chi connectivity index (χ1n) is 7.11. The van der Waals surface area contributed by atoms with E-state index in [1.807, 2.05) is 69.3 Å². The summed E-state index contributed by atoms with van der Waals surface area (Å²) in [6, 6.07) is 15.5. The molecule has 22 heavy (non-hydrogen) atoms. The molecule has 0 aromatic heterocycles. The molecule has 0 aliphatic rings. The molecule has 2 aromatic carbocycles. The van der Waals surface area contributed by atoms with Gasteiger partial charge in [0.1, 0.15) is 5.60 Å². The fraction of sp³-hybridized carbons (Fsp3) is 0.211. The molecule has 0 radical (unpaired) electrons. The van der Waals surface area contributed by atoms with Gasteiger partial charge in [-0.05, 0) is 55.7 Å². The third-order valence-corrected chi connectivity index (χ3v) is 3.14. The number of esters is 1. The molecular formula is C19H19ClO2. The van der Waals surface area contributed by atoms with Crippen LogP contribution in [0.15, 0.2) is 54.6 Å². The van der Waals surface area contributed by atoms with Gasteiger partial charge < -0.3 is 4.74 Å². The van der Waals surface area contributed by atoms with Gasteiger partial charge >= 0.3 is 5.97 Å². The first kappa shape index (κ1) is 16.3. The van der Waals surface area contributed by atoms with Crippen molar-refractivity contribution in [2.45, 2.75) is 26.4 Å². The molecule has 0 saturated heterocycles. The Morgan fingerprint density at radius 2 is 1.77 bits per heavy atom. The standard InChI is InChI=1S/C19H19ClO2/c1-19(2,3)22-18(21)12-10-15-9-11-16(20)13-17(15)14-7-5-4-6-8-14/h4-13H,1-3H3/b12-10+. The van der Waals surface area contributed by atoms with Crippen LogP contribution < -0.4 is 0 Å². The summed E-state index contributed by atoms with van der Waals surface area (Å²) in [7, 11) is 0. The molecule has 0 unspecified atom stereocenters. The Hall–Kier alpha value is -2.06. The predicted octanol–water partition coefficient (Wildman–Crippen LogP) is 5.36. The molecule has 0 atom stereocenters. The third-order valence-electron chi connectivity index (χ3n) is 2.91. The second-order valence-electron chi connectivity index (χ2n) is 5.96. The Morgan fingerprint density at radius 3 is 2.41 bits per heavy atom. The number of hydrogen-bond acceptors (Lipinski definition) is 2. The first-order valence-corrected chi connectivity index (χ1v) is 7.49. The molecule has 2 nitrogen and oxygen atoms in total. The molecule has 114 valence electrons. The lowest BCUT2D eigenvalue weighted by molar-refractivity contribution is -0.148. The van der Waals surface area contributed by atoms with Crippen molar-refractivity contribution < 1.29 is 9.53 Å². The molecule has 0 spiro atoms. The van der Waals surface area contributed by atoms with Crippen LogP contribution >= 0.6 is 11.6 Å². The van der Waals surface area contributed by atoms with E-state index in [2.05, 4.69) is 0 Å². The molecule has 3 heteroatoms. The van der Waals surface area contributed by atoms with Crippen LogP contribution in [0.4, 0.5) is 0 Å². The maximum absolute atomic E-state index is 11.8. The van der Waals surface area contributed by atoms with E-state index in [9.17, 15) is 4.79 Å². The largest absolute Gasteiger partial charge is 0.457 e. The van der Waals surface area contributed by atoms with E-state index >= 15 is 0 Å². The van der Waals surface area contributed by atoms with Crippen molar-refractivity contribution in [1.29, 1.82) is 0 Å². The molecule has 0 aliphatic carbocycles. The molecule has 0 N–H and O–H groups in total. The second kappa shape index (κ2) is 6.80. The van der Waals surface area contributed by atoms with Crippen molar-refractivity contribution >= 4 is 23.6 Å². The minimum absolute atomic E-state index is 0.360. The molecular weight excluding hydrogens is 296 g/mol. The van der Waals surface area contributed by atoms with Gasteiger partial charge in [-0.1, -0.05) is 48.0 Å². The normalized spacial score (nSPS) is 11.6. The first-order chi connectivity index (χ1) is 10.3. The number of benzene rings is 2. The van der Waals surface area contributed by atoms with Crippen LogP contribution in [0, 0.1) is 0 Å². The fourth-order valence-electron chi connectivity index (χ4n) is 2.04. The quantitative estimate of drug-likeness (QED) is 0.563. The number of halogens is 1. The van der Waals surface area contributed by atoms with E-state index in [0.717, 1.165) is 16.7 Å². The summed E-state index contributed by atoms with van der Waals surface area (Å²) in [5.74, 6) is -0.360. The number of hydrogen-bond donors (Lipinski definition) is 0. The minimum Gasteiger partial charge on any atom is -0.457 e. The van der Waals surface area contributed by atoms with Crippen molar-refractivity contribution in [3.63, 3.8) is 0 Å². The fourth-order valence-corrected chi connectivity index (χ4v) is 2.21. The maximum Gasteiger partial charge on any atom is 0.331 e. The highest BCUT2D eigenvalue weighted by Crippen LogP contribution is 2.28. The summed E-state index contributed by atoms with van der Waals surface area (Å²) in [6.07, 6.45) is 3.20. The van der Waals surface area contributed by atoms with Crippen LogP contribution in [0.25, 0.3) is 17.2 Å². The Bertz CT molecular complexity index is 682. The predicted molar refractivity (Wildman–Crippen MR) is 91.8 cm³/mol. The van der Waals surface area contributed by atoms with E-state index in [0.29, 0.717) is 5.02 Å². The van der Waals surface area contributed by atoms with Gasteiger partial charge in [0, 0.05) is 11.1 Å². The van der Waals surface area contributed by atoms with Gasteiger partial charge in [-0.25, -0.2) is 4.79 Å². The minimum atomic E-state index is -0.496. The topological polar surface area (TPSA) is 26.3 Å². The van der Waals surface area contributed by atoms with Crippen LogP contribution in [0.3, 0.4) is 0 Å². The zero-order valence-electron chi connectivity index (χ0n) is 13.0. The molecule has 0 aliphatic heterocycles. The Balaban J connectivity index is 2.30. The molecule has 0 bridgehead atoms. The van der Waals surface area contributed by atoms with E-state index in [4.69, 9.17) is 16.3 Å². The van der Waals surface area contributed by atoms with Gasteiger partial charge in [-0.15, -0.1) is 0 Å². The number of carbonyl (C=O) groups excluding carboxylic acids is 1. The van der Waals surface area contributed by atoms with E-state index in [-0.39, 0.29) is 5.97 Å². The zero-order valence-corrected chi connectivity index (χ0v) is 13.7. The van der Waals surface area contributed by atoms with Crippen LogP contribution in [0.2, 0.25) is 5.02 Å². The summed E-state index contributed by atoms with van der Waals surface area (Å²) in [4.78, 5) is 11.8. The Labute approximate surface area is 136 Å². The molecule has 2 rings (SSSR count). The van der Waals surface area contributed by atoms with Crippen molar-refractivity contribution in [2.24, 2.45) is 0 Å². The zero-order chi connectivity index (χ0) is 16.2. The lowest BCUT2D eigenvalue weighted by Crippen LogP contribution is -2.22. The Kier molecular flexibility index (Phi) is 5.04. The summed E-state index contributed by atoms with van der Waals surface area (Å²) in [5.41, 5.74) is 2.45. The van der Waals surface area contributed by atoms with Crippen LogP contribution in [-0.4, -0.2) is 11.6 Å². The molecule has 0 heterocycles. The summed E-state index contributed by atoms with van der Waals surface area (Å²) in [5, 5.41) is 0.660. The van der Waals surface area contributed by atoms with Gasteiger partial charge in [0.2, 0.25) is 0 Å². The smallest absolute Gasteiger partial charge is 0.331 e. The van der Waals surface area contributed by atoms with Crippen LogP contribution in [0.1, 0.15) is 26.3 Å². The molecule has 0 amide bonds. The number of rotatable bonds is 3. The number of ether oxygens (including phenoxy) is 1. The van der Waals surface area contributed by atoms with E-state index in [1.54, 1.807) is 6.08 Å². The molecule has 0 fully saturated rings. The third kappa shape index (κ3) is 4.74. The second-order valence-corrected chi connectivity index (χ2v) is 6.40. The number of carbonyl (C=O) groups is 1. The van der Waals surface area contributed by atoms with Crippen molar-refractivity contribution in [3.8, 4) is 11.1 Å². The van der Waals surface area contributed by atoms with Crippen LogP contribution in [-0.2, 0) is 9.53 Å². The van der Waals surface area contributed by atoms with Gasteiger partial charge in [-0.2, -0.15) is 0 Å². The average molecular weight is 315 g/mol. The van der Waals surface area contributed by atoms with Gasteiger partial charge in [-0.3, -0.25) is 0 Å². The molecule has 2 aromatic rings. The SMILES string of the molecule is CC(C)(C)OC(=O)/C=C/c1ccc(Cl)cc1-c1ccccc1. The molecule has 0 saturated carbocycles. The van der Waals surface area contributed by atoms with Crippen molar-refractivity contribution in [2.75, 3.05) is 0 Å². The highest BCUT2D eigenvalue weighted by atomic mass is 35.5. The summed E-state index contributed by atoms with van der Waals surface area (Å²) >= 11 is 6.10. The van der Waals surface area contributed by atoms with Crippen molar-refractivity contribution in [3.05, 3.63) is 65.2 Å². The summed E-state index contributed by atoms with van der Waals surface area (Å²) < 4.78 is 5.28. The average Bonchev–Trinajstić information content (AvgIpc) is 2.45. The van der Waals surface area contributed by atoms with Gasteiger partial charge in [0.05, 0.1) is 0 Å². The highest BCUT2D eigenvalue weighted by molar-refractivity contribution is 6.31. The van der Waals surface area contributed by atoms with E-state index in [1.165, 1.54) is 6.08 Å². The lowest BCUT2D eigenvalue weighted by atomic mass is 9.99. The monoisotopic (exact) mass is 314 g/mol. The lowest BCUT2D eigenvalue weighted by Gasteiger charge is -2.18. The van der Waals surface area contributed by atoms with Crippen molar-refractivity contribution in [1.82, 2.24) is 0 Å². The summed E-state index contributed by atoms with van der Waals surface area (Å²) in [6.45, 7) is 5.53. The van der Waals surface area contributed by atoms with E-state index < -0.39 is 5.60 Å². The maximum atomic E-state index is 11.8.